The zero-order chi connectivity index (χ0) is 11.8. The molecule has 15 heavy (non-hydrogen) atoms. The van der Waals surface area contributed by atoms with Crippen molar-refractivity contribution in [2.75, 3.05) is 0 Å². The molecule has 80 valence electrons. The average molecular weight is 275 g/mol. The van der Waals surface area contributed by atoms with Gasteiger partial charge in [-0.15, -0.1) is 0 Å². The van der Waals surface area contributed by atoms with Crippen LogP contribution in [0.5, 0.6) is 0 Å². The highest BCUT2D eigenvalue weighted by Gasteiger charge is 2.16. The summed E-state index contributed by atoms with van der Waals surface area (Å²) in [6.07, 6.45) is 3.05. The number of nitro groups is 1. The van der Waals surface area contributed by atoms with Crippen molar-refractivity contribution >= 4 is 27.8 Å². The Labute approximate surface area is 93.6 Å². The number of carbonyl (C=O) groups excluding carboxylic acids is 2. The Morgan fingerprint density at radius 3 is 2.47 bits per heavy atom. The number of alkyl halides is 1. The van der Waals surface area contributed by atoms with Crippen LogP contribution < -0.4 is 0 Å². The molecule has 1 heterocycles. The van der Waals surface area contributed by atoms with Crippen LogP contribution in [-0.2, 0) is 9.59 Å². The van der Waals surface area contributed by atoms with E-state index in [-0.39, 0.29) is 16.7 Å². The molecule has 0 radical (unpaired) electrons. The lowest BCUT2D eigenvalue weighted by Crippen LogP contribution is -1.95. The minimum absolute atomic E-state index is 0.0269. The van der Waals surface area contributed by atoms with E-state index in [1.54, 1.807) is 12.3 Å². The maximum atomic E-state index is 10.5. The molecule has 1 rings (SSSR count). The molecule has 0 aliphatic carbocycles. The van der Waals surface area contributed by atoms with Crippen LogP contribution in [0.15, 0.2) is 18.5 Å². The van der Waals surface area contributed by atoms with Crippen LogP contribution in [0.2, 0.25) is 0 Å². The highest BCUT2D eigenvalue weighted by molar-refractivity contribution is 9.09. The molecular formula is C8H7BrN2O4. The number of rotatable bonds is 2. The molecule has 6 nitrogen and oxygen atoms in total. The van der Waals surface area contributed by atoms with E-state index in [0.717, 1.165) is 0 Å². The van der Waals surface area contributed by atoms with Crippen molar-refractivity contribution in [1.82, 2.24) is 4.98 Å². The Morgan fingerprint density at radius 2 is 2.13 bits per heavy atom. The number of hydrogen-bond acceptors (Lipinski definition) is 5. The Hall–Kier alpha value is -1.59. The summed E-state index contributed by atoms with van der Waals surface area (Å²) in [6.45, 7) is 1.84. The first kappa shape index (κ1) is 13.4. The summed E-state index contributed by atoms with van der Waals surface area (Å²) in [5.41, 5.74) is 0.705. The lowest BCUT2D eigenvalue weighted by atomic mass is 10.2. The minimum Gasteiger partial charge on any atom is -0.258 e. The van der Waals surface area contributed by atoms with Crippen molar-refractivity contribution in [3.63, 3.8) is 0 Å². The van der Waals surface area contributed by atoms with E-state index in [2.05, 4.69) is 20.9 Å². The van der Waals surface area contributed by atoms with Gasteiger partial charge in [0.1, 0.15) is 6.20 Å². The topological polar surface area (TPSA) is 90.2 Å². The van der Waals surface area contributed by atoms with Gasteiger partial charge < -0.3 is 0 Å². The van der Waals surface area contributed by atoms with Crippen LogP contribution in [0.4, 0.5) is 5.69 Å². The van der Waals surface area contributed by atoms with Crippen LogP contribution in [0.25, 0.3) is 0 Å². The molecule has 0 bridgehead atoms. The van der Waals surface area contributed by atoms with Gasteiger partial charge in [0.15, 0.2) is 0 Å². The summed E-state index contributed by atoms with van der Waals surface area (Å²) in [7, 11) is 0. The molecule has 0 N–H and O–H groups in total. The van der Waals surface area contributed by atoms with Crippen LogP contribution in [0.1, 0.15) is 17.3 Å². The van der Waals surface area contributed by atoms with Crippen LogP contribution in [0, 0.1) is 10.1 Å². The molecule has 0 aliphatic rings. The van der Waals surface area contributed by atoms with E-state index in [1.165, 1.54) is 6.20 Å². The summed E-state index contributed by atoms with van der Waals surface area (Å²) < 4.78 is 0. The van der Waals surface area contributed by atoms with Gasteiger partial charge in [0.25, 0.3) is 5.69 Å². The summed E-state index contributed by atoms with van der Waals surface area (Å²) >= 11 is 3.27. The first-order valence-corrected chi connectivity index (χ1v) is 4.67. The van der Waals surface area contributed by atoms with Gasteiger partial charge >= 0.3 is 6.15 Å². The van der Waals surface area contributed by atoms with E-state index < -0.39 is 4.92 Å². The van der Waals surface area contributed by atoms with Crippen molar-refractivity contribution in [3.05, 3.63) is 34.1 Å². The lowest BCUT2D eigenvalue weighted by Gasteiger charge is -2.02. The van der Waals surface area contributed by atoms with E-state index in [4.69, 9.17) is 9.59 Å². The summed E-state index contributed by atoms with van der Waals surface area (Å²) in [6, 6.07) is 1.64. The molecule has 0 saturated carbocycles. The number of halogens is 1. The zero-order valence-corrected chi connectivity index (χ0v) is 9.30. The van der Waals surface area contributed by atoms with Crippen molar-refractivity contribution in [2.45, 2.75) is 11.8 Å². The van der Waals surface area contributed by atoms with Gasteiger partial charge in [-0.2, -0.15) is 9.59 Å². The average Bonchev–Trinajstić information content (AvgIpc) is 2.19. The van der Waals surface area contributed by atoms with Gasteiger partial charge in [-0.3, -0.25) is 15.1 Å². The van der Waals surface area contributed by atoms with Crippen molar-refractivity contribution in [2.24, 2.45) is 0 Å². The molecular weight excluding hydrogens is 268 g/mol. The quantitative estimate of drug-likeness (QED) is 0.466. The minimum atomic E-state index is -0.430. The van der Waals surface area contributed by atoms with Gasteiger partial charge in [0.2, 0.25) is 0 Å². The Morgan fingerprint density at radius 1 is 1.60 bits per heavy atom. The molecule has 0 amide bonds. The fraction of sp³-hybridized carbons (Fsp3) is 0.250. The zero-order valence-electron chi connectivity index (χ0n) is 7.71. The van der Waals surface area contributed by atoms with Crippen LogP contribution in [-0.4, -0.2) is 16.1 Å². The SMILES string of the molecule is CC(Br)c1ccncc1[N+](=O)[O-].O=C=O. The fourth-order valence-corrected chi connectivity index (χ4v) is 1.27. The van der Waals surface area contributed by atoms with E-state index >= 15 is 0 Å². The first-order chi connectivity index (χ1) is 7.04. The van der Waals surface area contributed by atoms with Crippen molar-refractivity contribution < 1.29 is 14.5 Å². The normalized spacial score (nSPS) is 10.5. The molecule has 1 atom stereocenters. The summed E-state index contributed by atoms with van der Waals surface area (Å²) in [5, 5.41) is 10.5. The van der Waals surface area contributed by atoms with Gasteiger partial charge in [0.05, 0.1) is 4.92 Å². The molecule has 0 saturated heterocycles. The van der Waals surface area contributed by atoms with Gasteiger partial charge in [0, 0.05) is 16.6 Å². The maximum Gasteiger partial charge on any atom is 0.373 e. The highest BCUT2D eigenvalue weighted by atomic mass is 79.9. The molecule has 1 aromatic heterocycles. The summed E-state index contributed by atoms with van der Waals surface area (Å²) in [4.78, 5) is 30.0. The number of hydrogen-bond donors (Lipinski definition) is 0. The van der Waals surface area contributed by atoms with Crippen LogP contribution >= 0.6 is 15.9 Å². The van der Waals surface area contributed by atoms with E-state index in [9.17, 15) is 10.1 Å². The third-order valence-corrected chi connectivity index (χ3v) is 1.95. The molecule has 1 unspecified atom stereocenters. The first-order valence-electron chi connectivity index (χ1n) is 3.76. The Bertz CT molecular complexity index is 375. The molecule has 0 spiro atoms. The summed E-state index contributed by atoms with van der Waals surface area (Å²) in [5.74, 6) is 0. The highest BCUT2D eigenvalue weighted by Crippen LogP contribution is 2.28. The Balaban J connectivity index is 0.000000583. The second-order valence-electron chi connectivity index (χ2n) is 2.39. The van der Waals surface area contributed by atoms with Gasteiger partial charge in [-0.25, -0.2) is 0 Å². The monoisotopic (exact) mass is 274 g/mol. The third kappa shape index (κ3) is 4.44. The third-order valence-electron chi connectivity index (χ3n) is 1.46. The Kier molecular flexibility index (Phi) is 6.08. The smallest absolute Gasteiger partial charge is 0.258 e. The van der Waals surface area contributed by atoms with Gasteiger partial charge in [-0.05, 0) is 13.0 Å². The fourth-order valence-electron chi connectivity index (χ4n) is 0.886. The molecule has 0 aromatic carbocycles. The molecule has 0 fully saturated rings. The number of pyridine rings is 1. The molecule has 0 aliphatic heterocycles. The lowest BCUT2D eigenvalue weighted by molar-refractivity contribution is -0.385. The second-order valence-corrected chi connectivity index (χ2v) is 3.76. The predicted molar refractivity (Wildman–Crippen MR) is 53.2 cm³/mol. The van der Waals surface area contributed by atoms with Crippen molar-refractivity contribution in [1.29, 1.82) is 0 Å². The molecule has 7 heteroatoms. The standard InChI is InChI=1S/C7H7BrN2O2.CO2/c1-5(8)6-2-3-9-4-7(6)10(11)12;2-1-3/h2-5H,1H3;. The second kappa shape index (κ2) is 6.80. The van der Waals surface area contributed by atoms with Crippen LogP contribution in [0.3, 0.4) is 0 Å². The van der Waals surface area contributed by atoms with Gasteiger partial charge in [-0.1, -0.05) is 15.9 Å². The maximum absolute atomic E-state index is 10.5. The van der Waals surface area contributed by atoms with E-state index in [0.29, 0.717) is 5.56 Å². The number of nitrogens with zero attached hydrogens (tertiary/aromatic N) is 2. The predicted octanol–water partition coefficient (Wildman–Crippen LogP) is 1.86. The largest absolute Gasteiger partial charge is 0.373 e. The van der Waals surface area contributed by atoms with Crippen molar-refractivity contribution in [3.8, 4) is 0 Å². The number of aromatic nitrogens is 1. The van der Waals surface area contributed by atoms with E-state index in [1.807, 2.05) is 6.92 Å². The molecule has 1 aromatic rings.